The van der Waals surface area contributed by atoms with Gasteiger partial charge < -0.3 is 0 Å². The minimum absolute atomic E-state index is 0.339. The lowest BCUT2D eigenvalue weighted by Gasteiger charge is -2.12. The molecule has 2 aromatic rings. The Morgan fingerprint density at radius 1 is 1.35 bits per heavy atom. The first-order valence-electron chi connectivity index (χ1n) is 7.07. The Hall–Kier alpha value is -1.01. The highest BCUT2D eigenvalue weighted by molar-refractivity contribution is 7.71. The average molecular weight is 310 g/mol. The van der Waals surface area contributed by atoms with E-state index in [9.17, 15) is 0 Å². The van der Waals surface area contributed by atoms with Crippen molar-refractivity contribution in [1.29, 1.82) is 0 Å². The van der Waals surface area contributed by atoms with Crippen molar-refractivity contribution in [2.75, 3.05) is 0 Å². The van der Waals surface area contributed by atoms with Crippen molar-refractivity contribution in [3.8, 4) is 10.7 Å². The van der Waals surface area contributed by atoms with Crippen molar-refractivity contribution in [2.45, 2.75) is 53.5 Å². The first-order valence-corrected chi connectivity index (χ1v) is 8.30. The van der Waals surface area contributed by atoms with Gasteiger partial charge in [0.15, 0.2) is 10.6 Å². The van der Waals surface area contributed by atoms with Gasteiger partial charge in [0.1, 0.15) is 0 Å². The minimum atomic E-state index is 0.339. The first-order chi connectivity index (χ1) is 9.43. The summed E-state index contributed by atoms with van der Waals surface area (Å²) < 4.78 is 2.79. The first kappa shape index (κ1) is 15.4. The van der Waals surface area contributed by atoms with E-state index in [1.165, 1.54) is 5.01 Å². The fourth-order valence-electron chi connectivity index (χ4n) is 2.15. The molecule has 0 aliphatic rings. The monoisotopic (exact) mass is 310 g/mol. The Kier molecular flexibility index (Phi) is 4.75. The summed E-state index contributed by atoms with van der Waals surface area (Å²) in [5, 5.41) is 8.53. The molecule has 2 heterocycles. The lowest BCUT2D eigenvalue weighted by Crippen LogP contribution is -2.06. The number of aromatic nitrogens is 4. The van der Waals surface area contributed by atoms with Crippen molar-refractivity contribution in [1.82, 2.24) is 19.7 Å². The smallest absolute Gasteiger partial charge is 0.195 e. The Bertz CT molecular complexity index is 636. The fraction of sp³-hybridized carbons (Fsp3) is 0.643. The van der Waals surface area contributed by atoms with Crippen LogP contribution in [0.25, 0.3) is 10.7 Å². The van der Waals surface area contributed by atoms with E-state index in [1.54, 1.807) is 11.3 Å². The maximum Gasteiger partial charge on any atom is 0.195 e. The number of hydrogen-bond acceptors (Lipinski definition) is 4. The third kappa shape index (κ3) is 3.01. The fourth-order valence-corrected chi connectivity index (χ4v) is 3.73. The molecule has 20 heavy (non-hydrogen) atoms. The van der Waals surface area contributed by atoms with E-state index in [1.807, 2.05) is 6.92 Å². The normalized spacial score (nSPS) is 13.1. The molecular weight excluding hydrogens is 288 g/mol. The van der Waals surface area contributed by atoms with Crippen LogP contribution in [0.2, 0.25) is 0 Å². The molecule has 2 aromatic heterocycles. The molecule has 4 nitrogen and oxygen atoms in total. The predicted octanol–water partition coefficient (Wildman–Crippen LogP) is 4.54. The van der Waals surface area contributed by atoms with Gasteiger partial charge in [-0.25, -0.2) is 4.98 Å². The number of thiazole rings is 1. The molecule has 0 radical (unpaired) electrons. The molecular formula is C14H22N4S2. The van der Waals surface area contributed by atoms with Gasteiger partial charge in [0.25, 0.3) is 0 Å². The van der Waals surface area contributed by atoms with Gasteiger partial charge in [-0.3, -0.25) is 9.67 Å². The molecule has 2 rings (SSSR count). The van der Waals surface area contributed by atoms with E-state index < -0.39 is 0 Å². The van der Waals surface area contributed by atoms with Crippen molar-refractivity contribution in [3.05, 3.63) is 15.5 Å². The van der Waals surface area contributed by atoms with Crippen LogP contribution in [0.15, 0.2) is 0 Å². The third-order valence-electron chi connectivity index (χ3n) is 3.36. The van der Waals surface area contributed by atoms with Crippen molar-refractivity contribution in [2.24, 2.45) is 5.92 Å². The molecule has 1 unspecified atom stereocenters. The molecule has 1 N–H and O–H groups in total. The van der Waals surface area contributed by atoms with Crippen LogP contribution in [0.5, 0.6) is 0 Å². The zero-order valence-corrected chi connectivity index (χ0v) is 14.4. The molecule has 0 aliphatic carbocycles. The van der Waals surface area contributed by atoms with E-state index in [0.717, 1.165) is 29.2 Å². The maximum absolute atomic E-state index is 5.36. The standard InChI is InChI=1S/C14H22N4S2/c1-6-9(4)18-13(16-17-14(18)19)12-10(5)15-11(20-12)7-8(2)3/h8-9H,6-7H2,1-5H3,(H,17,19). The molecule has 1 atom stereocenters. The number of aromatic amines is 1. The van der Waals surface area contributed by atoms with Crippen molar-refractivity contribution in [3.63, 3.8) is 0 Å². The van der Waals surface area contributed by atoms with Crippen LogP contribution < -0.4 is 0 Å². The minimum Gasteiger partial charge on any atom is -0.297 e. The van der Waals surface area contributed by atoms with E-state index in [2.05, 4.69) is 47.4 Å². The van der Waals surface area contributed by atoms with Gasteiger partial charge in [0.2, 0.25) is 0 Å². The molecule has 0 bridgehead atoms. The Morgan fingerprint density at radius 3 is 2.65 bits per heavy atom. The van der Waals surface area contributed by atoms with Crippen LogP contribution in [0, 0.1) is 17.6 Å². The van der Waals surface area contributed by atoms with Gasteiger partial charge in [0.05, 0.1) is 15.6 Å². The largest absolute Gasteiger partial charge is 0.297 e. The molecule has 0 amide bonds. The zero-order chi connectivity index (χ0) is 14.9. The summed E-state index contributed by atoms with van der Waals surface area (Å²) in [5.74, 6) is 1.54. The molecule has 0 fully saturated rings. The highest BCUT2D eigenvalue weighted by Crippen LogP contribution is 2.31. The number of H-pyrrole nitrogens is 1. The van der Waals surface area contributed by atoms with Crippen LogP contribution >= 0.6 is 23.6 Å². The second-order valence-electron chi connectivity index (χ2n) is 5.60. The number of nitrogens with one attached hydrogen (secondary N) is 1. The van der Waals surface area contributed by atoms with Gasteiger partial charge in [-0.05, 0) is 38.4 Å². The molecule has 0 aliphatic heterocycles. The number of nitrogens with zero attached hydrogens (tertiary/aromatic N) is 3. The summed E-state index contributed by atoms with van der Waals surface area (Å²) in [6, 6.07) is 0.339. The molecule has 0 spiro atoms. The summed E-state index contributed by atoms with van der Waals surface area (Å²) in [6.07, 6.45) is 2.04. The van der Waals surface area contributed by atoms with Gasteiger partial charge in [-0.1, -0.05) is 20.8 Å². The highest BCUT2D eigenvalue weighted by atomic mass is 32.1. The Morgan fingerprint density at radius 2 is 2.05 bits per heavy atom. The average Bonchev–Trinajstić information content (AvgIpc) is 2.91. The molecule has 110 valence electrons. The van der Waals surface area contributed by atoms with E-state index in [0.29, 0.717) is 16.7 Å². The van der Waals surface area contributed by atoms with Crippen LogP contribution in [0.1, 0.15) is 50.9 Å². The lowest BCUT2D eigenvalue weighted by atomic mass is 10.1. The molecule has 0 saturated carbocycles. The summed E-state index contributed by atoms with van der Waals surface area (Å²) in [7, 11) is 0. The maximum atomic E-state index is 5.36. The van der Waals surface area contributed by atoms with Crippen LogP contribution in [0.3, 0.4) is 0 Å². The summed E-state index contributed by atoms with van der Waals surface area (Å²) in [4.78, 5) is 5.81. The summed E-state index contributed by atoms with van der Waals surface area (Å²) in [5.41, 5.74) is 1.05. The second-order valence-corrected chi connectivity index (χ2v) is 7.07. The summed E-state index contributed by atoms with van der Waals surface area (Å²) in [6.45, 7) is 10.8. The highest BCUT2D eigenvalue weighted by Gasteiger charge is 2.19. The summed E-state index contributed by atoms with van der Waals surface area (Å²) >= 11 is 7.10. The predicted molar refractivity (Wildman–Crippen MR) is 86.8 cm³/mol. The molecule has 0 aromatic carbocycles. The van der Waals surface area contributed by atoms with E-state index in [-0.39, 0.29) is 0 Å². The van der Waals surface area contributed by atoms with Crippen LogP contribution in [0.4, 0.5) is 0 Å². The Balaban J connectivity index is 2.47. The molecule has 0 saturated heterocycles. The SMILES string of the molecule is CCC(C)n1c(-c2sc(CC(C)C)nc2C)n[nH]c1=S. The third-order valence-corrected chi connectivity index (χ3v) is 4.83. The van der Waals surface area contributed by atoms with Gasteiger partial charge in [0, 0.05) is 12.5 Å². The van der Waals surface area contributed by atoms with Gasteiger partial charge >= 0.3 is 0 Å². The van der Waals surface area contributed by atoms with Gasteiger partial charge in [-0.2, -0.15) is 5.10 Å². The van der Waals surface area contributed by atoms with Crippen molar-refractivity contribution < 1.29 is 0 Å². The topological polar surface area (TPSA) is 46.5 Å². The zero-order valence-electron chi connectivity index (χ0n) is 12.7. The number of hydrogen-bond donors (Lipinski definition) is 1. The lowest BCUT2D eigenvalue weighted by molar-refractivity contribution is 0.529. The molecule has 6 heteroatoms. The quantitative estimate of drug-likeness (QED) is 0.825. The number of rotatable bonds is 5. The number of aryl methyl sites for hydroxylation is 1. The van der Waals surface area contributed by atoms with Gasteiger partial charge in [-0.15, -0.1) is 11.3 Å². The van der Waals surface area contributed by atoms with Crippen LogP contribution in [-0.2, 0) is 6.42 Å². The van der Waals surface area contributed by atoms with E-state index >= 15 is 0 Å². The van der Waals surface area contributed by atoms with Crippen molar-refractivity contribution >= 4 is 23.6 Å². The van der Waals surface area contributed by atoms with E-state index in [4.69, 9.17) is 12.2 Å². The second kappa shape index (κ2) is 6.18. The van der Waals surface area contributed by atoms with Crippen LogP contribution in [-0.4, -0.2) is 19.7 Å². The Labute approximate surface area is 129 Å².